The lowest BCUT2D eigenvalue weighted by molar-refractivity contribution is -0.115. The molecule has 0 unspecified atom stereocenters. The van der Waals surface area contributed by atoms with Gasteiger partial charge >= 0.3 is 0 Å². The van der Waals surface area contributed by atoms with Gasteiger partial charge in [-0.25, -0.2) is 9.82 Å². The summed E-state index contributed by atoms with van der Waals surface area (Å²) in [6.07, 6.45) is 0.820. The molecule has 0 aromatic heterocycles. The highest BCUT2D eigenvalue weighted by Crippen LogP contribution is 2.55. The zero-order valence-electron chi connectivity index (χ0n) is 16.3. The Balaban J connectivity index is 1.52. The molecule has 2 aromatic carbocycles. The number of carbonyl (C=O) groups excluding carboxylic acids is 1. The van der Waals surface area contributed by atoms with E-state index >= 15 is 0 Å². The number of hydrazone groups is 1. The second-order valence-electron chi connectivity index (χ2n) is 6.68. The number of carbonyl (C=O) groups is 1. The van der Waals surface area contributed by atoms with Crippen molar-refractivity contribution in [1.82, 2.24) is 5.43 Å². The first-order chi connectivity index (χ1) is 14.9. The topological polar surface area (TPSA) is 90.7 Å². The van der Waals surface area contributed by atoms with Gasteiger partial charge in [0.25, 0.3) is 5.91 Å². The van der Waals surface area contributed by atoms with Crippen molar-refractivity contribution in [3.05, 3.63) is 50.2 Å². The average molecular weight is 557 g/mol. The first-order valence-electron chi connectivity index (χ1n) is 9.09. The summed E-state index contributed by atoms with van der Waals surface area (Å²) in [4.78, 5) is 18.2. The maximum Gasteiger partial charge on any atom is 0.289 e. The zero-order chi connectivity index (χ0) is 22.1. The molecule has 2 aromatic rings. The van der Waals surface area contributed by atoms with E-state index in [2.05, 4.69) is 47.5 Å². The largest absolute Gasteiger partial charge is 0.492 e. The molecule has 0 bridgehead atoms. The molecule has 0 fully saturated rings. The monoisotopic (exact) mass is 555 g/mol. The quantitative estimate of drug-likeness (QED) is 0.438. The fourth-order valence-corrected chi connectivity index (χ4v) is 4.99. The molecule has 0 radical (unpaired) electrons. The Morgan fingerprint density at radius 3 is 2.68 bits per heavy atom. The van der Waals surface area contributed by atoms with Crippen LogP contribution in [0.25, 0.3) is 0 Å². The minimum Gasteiger partial charge on any atom is -0.492 e. The van der Waals surface area contributed by atoms with Crippen LogP contribution in [-0.4, -0.2) is 31.7 Å². The van der Waals surface area contributed by atoms with Crippen molar-refractivity contribution in [2.45, 2.75) is 13.0 Å². The molecule has 162 valence electrons. The molecule has 0 saturated heterocycles. The van der Waals surface area contributed by atoms with Gasteiger partial charge in [0, 0.05) is 5.56 Å². The van der Waals surface area contributed by atoms with Crippen molar-refractivity contribution in [3.63, 3.8) is 0 Å². The highest BCUT2D eigenvalue weighted by Gasteiger charge is 2.41. The van der Waals surface area contributed by atoms with Gasteiger partial charge in [-0.05, 0) is 49.6 Å². The molecule has 0 spiro atoms. The van der Waals surface area contributed by atoms with Crippen molar-refractivity contribution in [1.29, 1.82) is 0 Å². The van der Waals surface area contributed by atoms with E-state index in [9.17, 15) is 9.18 Å². The third-order valence-corrected chi connectivity index (χ3v) is 6.39. The Bertz CT molecular complexity index is 1090. The standard InChI is InChI=1S/C20H16Br2FN3O5/c1-9-15(20(27)25-24-7-10-3-5-11(23)6-4-10)26-31-16(9)12-13(21)17(28-2)19-18(14(12)22)29-8-30-19/h3-7,9,16H,8H2,1-2H3,(H,25,27)/b24-7-/t9-,16+/m0/s1. The van der Waals surface area contributed by atoms with E-state index in [1.54, 1.807) is 12.1 Å². The highest BCUT2D eigenvalue weighted by atomic mass is 79.9. The fourth-order valence-electron chi connectivity index (χ4n) is 3.24. The summed E-state index contributed by atoms with van der Waals surface area (Å²) in [6, 6.07) is 5.70. The van der Waals surface area contributed by atoms with Crippen LogP contribution in [0, 0.1) is 11.7 Å². The summed E-state index contributed by atoms with van der Waals surface area (Å²) in [5.41, 5.74) is 3.91. The lowest BCUT2D eigenvalue weighted by atomic mass is 9.93. The van der Waals surface area contributed by atoms with E-state index < -0.39 is 17.9 Å². The van der Waals surface area contributed by atoms with Crippen molar-refractivity contribution >= 4 is 49.7 Å². The maximum atomic E-state index is 13.0. The number of ether oxygens (including phenoxy) is 3. The average Bonchev–Trinajstić information content (AvgIpc) is 3.38. The molecule has 2 aliphatic rings. The van der Waals surface area contributed by atoms with Gasteiger partial charge in [0.15, 0.2) is 23.3 Å². The summed E-state index contributed by atoms with van der Waals surface area (Å²) in [5.74, 6) is 0.170. The molecule has 1 N–H and O–H groups in total. The summed E-state index contributed by atoms with van der Waals surface area (Å²) >= 11 is 7.08. The van der Waals surface area contributed by atoms with Crippen LogP contribution in [0.5, 0.6) is 17.2 Å². The van der Waals surface area contributed by atoms with Gasteiger partial charge in [-0.2, -0.15) is 5.10 Å². The summed E-state index contributed by atoms with van der Waals surface area (Å²) < 4.78 is 30.7. The molecule has 11 heteroatoms. The molecule has 4 rings (SSSR count). The first-order valence-corrected chi connectivity index (χ1v) is 10.7. The van der Waals surface area contributed by atoms with Crippen molar-refractivity contribution in [2.24, 2.45) is 16.2 Å². The minimum atomic E-state index is -0.589. The number of rotatable bonds is 5. The van der Waals surface area contributed by atoms with Crippen LogP contribution < -0.4 is 19.6 Å². The Hall–Kier alpha value is -2.66. The summed E-state index contributed by atoms with van der Waals surface area (Å²) in [5, 5.41) is 7.87. The molecular weight excluding hydrogens is 541 g/mol. The lowest BCUT2D eigenvalue weighted by Gasteiger charge is -2.20. The van der Waals surface area contributed by atoms with Crippen molar-refractivity contribution in [3.8, 4) is 17.2 Å². The Kier molecular flexibility index (Phi) is 6.15. The summed E-state index contributed by atoms with van der Waals surface area (Å²) in [6.45, 7) is 1.88. The molecule has 2 heterocycles. The number of methoxy groups -OCH3 is 1. The van der Waals surface area contributed by atoms with Crippen molar-refractivity contribution in [2.75, 3.05) is 13.9 Å². The van der Waals surface area contributed by atoms with Crippen LogP contribution >= 0.6 is 31.9 Å². The highest BCUT2D eigenvalue weighted by molar-refractivity contribution is 9.11. The smallest absolute Gasteiger partial charge is 0.289 e. The Labute approximate surface area is 193 Å². The summed E-state index contributed by atoms with van der Waals surface area (Å²) in [7, 11) is 1.52. The van der Waals surface area contributed by atoms with E-state index in [0.29, 0.717) is 37.3 Å². The Morgan fingerprint density at radius 2 is 1.97 bits per heavy atom. The zero-order valence-corrected chi connectivity index (χ0v) is 19.5. The van der Waals surface area contributed by atoms with Gasteiger partial charge < -0.3 is 19.0 Å². The van der Waals surface area contributed by atoms with Crippen LogP contribution in [-0.2, 0) is 9.63 Å². The number of nitrogens with one attached hydrogen (secondary N) is 1. The van der Waals surface area contributed by atoms with E-state index in [1.165, 1.54) is 25.5 Å². The molecule has 8 nitrogen and oxygen atoms in total. The predicted octanol–water partition coefficient (Wildman–Crippen LogP) is 4.30. The normalized spacial score (nSPS) is 19.3. The van der Waals surface area contributed by atoms with Gasteiger partial charge in [0.2, 0.25) is 12.5 Å². The third kappa shape index (κ3) is 3.99. The molecule has 31 heavy (non-hydrogen) atoms. The number of oxime groups is 1. The molecular formula is C20H16Br2FN3O5. The van der Waals surface area contributed by atoms with Crippen LogP contribution in [0.2, 0.25) is 0 Å². The number of hydrogen-bond donors (Lipinski definition) is 1. The van der Waals surface area contributed by atoms with E-state index in [4.69, 9.17) is 19.0 Å². The number of amides is 1. The lowest BCUT2D eigenvalue weighted by Crippen LogP contribution is -2.31. The van der Waals surface area contributed by atoms with Gasteiger partial charge in [-0.1, -0.05) is 24.2 Å². The molecule has 0 saturated carbocycles. The van der Waals surface area contributed by atoms with Gasteiger partial charge in [-0.15, -0.1) is 0 Å². The number of benzene rings is 2. The molecule has 1 amide bonds. The molecule has 2 aliphatic heterocycles. The van der Waals surface area contributed by atoms with E-state index in [-0.39, 0.29) is 18.3 Å². The predicted molar refractivity (Wildman–Crippen MR) is 117 cm³/mol. The van der Waals surface area contributed by atoms with Crippen molar-refractivity contribution < 1.29 is 28.2 Å². The SMILES string of the molecule is COc1c(Br)c([C@@H]2ON=C(C(=O)N/N=C\c3ccc(F)cc3)[C@@H]2C)c(Br)c2c1OCO2. The molecule has 2 atom stereocenters. The fraction of sp³-hybridized carbons (Fsp3) is 0.250. The van der Waals surface area contributed by atoms with Gasteiger partial charge in [-0.3, -0.25) is 4.79 Å². The molecule has 0 aliphatic carbocycles. The van der Waals surface area contributed by atoms with Crippen LogP contribution in [0.3, 0.4) is 0 Å². The number of halogens is 3. The van der Waals surface area contributed by atoms with E-state index in [0.717, 1.165) is 0 Å². The third-order valence-electron chi connectivity index (χ3n) is 4.81. The number of fused-ring (bicyclic) bond motifs is 1. The van der Waals surface area contributed by atoms with Crippen LogP contribution in [0.15, 0.2) is 43.5 Å². The Morgan fingerprint density at radius 1 is 1.26 bits per heavy atom. The first kappa shape index (κ1) is 21.6. The number of hydrogen-bond acceptors (Lipinski definition) is 7. The maximum absolute atomic E-state index is 13.0. The van der Waals surface area contributed by atoms with Gasteiger partial charge in [0.1, 0.15) is 5.82 Å². The second-order valence-corrected chi connectivity index (χ2v) is 8.27. The number of nitrogens with zero attached hydrogens (tertiary/aromatic N) is 2. The van der Waals surface area contributed by atoms with E-state index in [1.807, 2.05) is 6.92 Å². The van der Waals surface area contributed by atoms with Crippen LogP contribution in [0.4, 0.5) is 4.39 Å². The minimum absolute atomic E-state index is 0.0669. The van der Waals surface area contributed by atoms with Gasteiger partial charge in [0.05, 0.1) is 28.2 Å². The second kappa shape index (κ2) is 8.83. The van der Waals surface area contributed by atoms with Crippen LogP contribution in [0.1, 0.15) is 24.2 Å².